The summed E-state index contributed by atoms with van der Waals surface area (Å²) in [6, 6.07) is 7.77. The standard InChI is InChI=1S/C12H16BrClO/c1-12(2,8-13)9-15-7-10-5-3-4-6-11(10)14/h3-6H,7-9H2,1-2H3. The third kappa shape index (κ3) is 4.54. The van der Waals surface area contributed by atoms with Gasteiger partial charge in [0.1, 0.15) is 0 Å². The molecule has 0 saturated carbocycles. The van der Waals surface area contributed by atoms with Crippen LogP contribution in [0.5, 0.6) is 0 Å². The maximum absolute atomic E-state index is 6.02. The second-order valence-electron chi connectivity index (χ2n) is 4.38. The average Bonchev–Trinajstić information content (AvgIpc) is 2.21. The quantitative estimate of drug-likeness (QED) is 0.736. The van der Waals surface area contributed by atoms with Crippen molar-refractivity contribution in [2.45, 2.75) is 20.5 Å². The molecule has 15 heavy (non-hydrogen) atoms. The van der Waals surface area contributed by atoms with E-state index < -0.39 is 0 Å². The maximum Gasteiger partial charge on any atom is 0.0731 e. The molecule has 3 heteroatoms. The Bertz CT molecular complexity index is 312. The van der Waals surface area contributed by atoms with Crippen LogP contribution in [0.15, 0.2) is 24.3 Å². The van der Waals surface area contributed by atoms with Crippen LogP contribution in [-0.2, 0) is 11.3 Å². The second-order valence-corrected chi connectivity index (χ2v) is 5.35. The van der Waals surface area contributed by atoms with Crippen molar-refractivity contribution in [3.8, 4) is 0 Å². The molecule has 0 amide bonds. The highest BCUT2D eigenvalue weighted by Crippen LogP contribution is 2.21. The van der Waals surface area contributed by atoms with Crippen LogP contribution in [0.25, 0.3) is 0 Å². The molecule has 0 unspecified atom stereocenters. The van der Waals surface area contributed by atoms with Crippen molar-refractivity contribution in [2.75, 3.05) is 11.9 Å². The lowest BCUT2D eigenvalue weighted by atomic mass is 9.98. The molecule has 0 heterocycles. The molecule has 0 aromatic heterocycles. The van der Waals surface area contributed by atoms with E-state index in [9.17, 15) is 0 Å². The summed E-state index contributed by atoms with van der Waals surface area (Å²) in [6.45, 7) is 5.63. The molecule has 84 valence electrons. The van der Waals surface area contributed by atoms with Gasteiger partial charge in [0.2, 0.25) is 0 Å². The first-order valence-electron chi connectivity index (χ1n) is 4.92. The largest absolute Gasteiger partial charge is 0.376 e. The molecule has 1 aromatic carbocycles. The number of alkyl halides is 1. The molecule has 0 atom stereocenters. The van der Waals surface area contributed by atoms with Gasteiger partial charge in [-0.2, -0.15) is 0 Å². The minimum atomic E-state index is 0.168. The first kappa shape index (κ1) is 13.0. The summed E-state index contributed by atoms with van der Waals surface area (Å²) in [5.41, 5.74) is 1.21. The van der Waals surface area contributed by atoms with Crippen molar-refractivity contribution >= 4 is 27.5 Å². The van der Waals surface area contributed by atoms with Gasteiger partial charge < -0.3 is 4.74 Å². The summed E-state index contributed by atoms with van der Waals surface area (Å²) in [6.07, 6.45) is 0. The summed E-state index contributed by atoms with van der Waals surface area (Å²) in [5, 5.41) is 1.71. The molecule has 0 aliphatic rings. The van der Waals surface area contributed by atoms with Crippen LogP contribution in [-0.4, -0.2) is 11.9 Å². The molecular formula is C12H16BrClO. The smallest absolute Gasteiger partial charge is 0.0731 e. The van der Waals surface area contributed by atoms with Crippen LogP contribution >= 0.6 is 27.5 Å². The van der Waals surface area contributed by atoms with Crippen molar-refractivity contribution in [1.82, 2.24) is 0 Å². The Morgan fingerprint density at radius 1 is 1.33 bits per heavy atom. The zero-order valence-corrected chi connectivity index (χ0v) is 11.4. The summed E-state index contributed by atoms with van der Waals surface area (Å²) in [5.74, 6) is 0. The summed E-state index contributed by atoms with van der Waals surface area (Å²) < 4.78 is 5.64. The molecule has 0 saturated heterocycles. The van der Waals surface area contributed by atoms with Crippen LogP contribution in [0.4, 0.5) is 0 Å². The maximum atomic E-state index is 6.02. The van der Waals surface area contributed by atoms with Gasteiger partial charge in [-0.05, 0) is 17.0 Å². The van der Waals surface area contributed by atoms with E-state index in [1.165, 1.54) is 0 Å². The van der Waals surface area contributed by atoms with E-state index in [4.69, 9.17) is 16.3 Å². The van der Waals surface area contributed by atoms with Gasteiger partial charge in [0.15, 0.2) is 0 Å². The topological polar surface area (TPSA) is 9.23 Å². The Morgan fingerprint density at radius 3 is 2.60 bits per heavy atom. The van der Waals surface area contributed by atoms with E-state index in [1.807, 2.05) is 24.3 Å². The summed E-state index contributed by atoms with van der Waals surface area (Å²) in [7, 11) is 0. The lowest BCUT2D eigenvalue weighted by Gasteiger charge is -2.21. The van der Waals surface area contributed by atoms with Crippen LogP contribution in [0.3, 0.4) is 0 Å². The summed E-state index contributed by atoms with van der Waals surface area (Å²) in [4.78, 5) is 0. The molecule has 1 rings (SSSR count). The molecule has 0 N–H and O–H groups in total. The first-order chi connectivity index (χ1) is 7.05. The van der Waals surface area contributed by atoms with E-state index in [2.05, 4.69) is 29.8 Å². The van der Waals surface area contributed by atoms with Gasteiger partial charge in [-0.1, -0.05) is 59.6 Å². The molecular weight excluding hydrogens is 275 g/mol. The van der Waals surface area contributed by atoms with Crippen LogP contribution < -0.4 is 0 Å². The van der Waals surface area contributed by atoms with Gasteiger partial charge in [-0.25, -0.2) is 0 Å². The van der Waals surface area contributed by atoms with Crippen molar-refractivity contribution in [3.63, 3.8) is 0 Å². The normalized spacial score (nSPS) is 11.7. The van der Waals surface area contributed by atoms with E-state index in [-0.39, 0.29) is 5.41 Å². The molecule has 0 radical (unpaired) electrons. The van der Waals surface area contributed by atoms with Crippen molar-refractivity contribution in [3.05, 3.63) is 34.9 Å². The Kier molecular flexibility index (Phi) is 5.10. The molecule has 1 nitrogen and oxygen atoms in total. The number of hydrogen-bond acceptors (Lipinski definition) is 1. The SMILES string of the molecule is CC(C)(CBr)COCc1ccccc1Cl. The predicted octanol–water partition coefficient (Wildman–Crippen LogP) is 4.28. The van der Waals surface area contributed by atoms with E-state index in [1.54, 1.807) is 0 Å². The third-order valence-corrected chi connectivity index (χ3v) is 3.96. The lowest BCUT2D eigenvalue weighted by Crippen LogP contribution is -2.20. The molecule has 0 bridgehead atoms. The Morgan fingerprint density at radius 2 is 2.00 bits per heavy atom. The highest BCUT2D eigenvalue weighted by Gasteiger charge is 2.16. The van der Waals surface area contributed by atoms with E-state index in [0.717, 1.165) is 22.5 Å². The second kappa shape index (κ2) is 5.88. The van der Waals surface area contributed by atoms with Gasteiger partial charge in [0.25, 0.3) is 0 Å². The monoisotopic (exact) mass is 290 g/mol. The summed E-state index contributed by atoms with van der Waals surface area (Å²) >= 11 is 9.48. The van der Waals surface area contributed by atoms with Crippen molar-refractivity contribution in [1.29, 1.82) is 0 Å². The van der Waals surface area contributed by atoms with Gasteiger partial charge in [-0.15, -0.1) is 0 Å². The Balaban J connectivity index is 2.42. The first-order valence-corrected chi connectivity index (χ1v) is 6.42. The van der Waals surface area contributed by atoms with Crippen LogP contribution in [0.1, 0.15) is 19.4 Å². The minimum absolute atomic E-state index is 0.168. The van der Waals surface area contributed by atoms with Gasteiger partial charge >= 0.3 is 0 Å². The molecule has 0 spiro atoms. The lowest BCUT2D eigenvalue weighted by molar-refractivity contribution is 0.0625. The van der Waals surface area contributed by atoms with Crippen molar-refractivity contribution in [2.24, 2.45) is 5.41 Å². The van der Waals surface area contributed by atoms with Gasteiger partial charge in [-0.3, -0.25) is 0 Å². The number of ether oxygens (including phenoxy) is 1. The molecule has 1 aromatic rings. The minimum Gasteiger partial charge on any atom is -0.376 e. The van der Waals surface area contributed by atoms with E-state index in [0.29, 0.717) is 6.61 Å². The predicted molar refractivity (Wildman–Crippen MR) is 68.7 cm³/mol. The van der Waals surface area contributed by atoms with Crippen LogP contribution in [0.2, 0.25) is 5.02 Å². The average molecular weight is 292 g/mol. The highest BCUT2D eigenvalue weighted by molar-refractivity contribution is 9.09. The van der Waals surface area contributed by atoms with E-state index >= 15 is 0 Å². The molecule has 0 aliphatic carbocycles. The fraction of sp³-hybridized carbons (Fsp3) is 0.500. The molecule has 0 aliphatic heterocycles. The Hall–Kier alpha value is -0.0500. The fourth-order valence-electron chi connectivity index (χ4n) is 1.09. The third-order valence-electron chi connectivity index (χ3n) is 2.07. The van der Waals surface area contributed by atoms with Crippen molar-refractivity contribution < 1.29 is 4.74 Å². The fourth-order valence-corrected chi connectivity index (χ4v) is 1.44. The van der Waals surface area contributed by atoms with Crippen LogP contribution in [0, 0.1) is 5.41 Å². The number of rotatable bonds is 5. The zero-order valence-electron chi connectivity index (χ0n) is 9.09. The van der Waals surface area contributed by atoms with Gasteiger partial charge in [0, 0.05) is 10.4 Å². The number of benzene rings is 1. The number of hydrogen-bond donors (Lipinski definition) is 0. The zero-order chi connectivity index (χ0) is 11.3. The molecule has 0 fully saturated rings. The van der Waals surface area contributed by atoms with Gasteiger partial charge in [0.05, 0.1) is 13.2 Å². The highest BCUT2D eigenvalue weighted by atomic mass is 79.9. The number of halogens is 2. The Labute approximate surface area is 105 Å².